The molecule has 0 spiro atoms. The summed E-state index contributed by atoms with van der Waals surface area (Å²) in [7, 11) is -1.50. The van der Waals surface area contributed by atoms with Gasteiger partial charge < -0.3 is 0 Å². The van der Waals surface area contributed by atoms with Crippen LogP contribution in [0.1, 0.15) is 6.42 Å². The second-order valence-corrected chi connectivity index (χ2v) is 4.39. The highest BCUT2D eigenvalue weighted by Crippen LogP contribution is 2.56. The lowest BCUT2D eigenvalue weighted by molar-refractivity contribution is 0.147. The molecule has 4 heteroatoms. The summed E-state index contributed by atoms with van der Waals surface area (Å²) in [5, 5.41) is 0. The molecule has 54 valence electrons. The summed E-state index contributed by atoms with van der Waals surface area (Å²) in [6, 6.07) is 0. The normalized spacial score (nSPS) is 56.8. The molecule has 0 amide bonds. The van der Waals surface area contributed by atoms with Gasteiger partial charge in [0.15, 0.2) is 0 Å². The van der Waals surface area contributed by atoms with Crippen LogP contribution in [0.2, 0.25) is 0 Å². The van der Waals surface area contributed by atoms with Crippen LogP contribution in [0, 0.1) is 0 Å². The van der Waals surface area contributed by atoms with E-state index >= 15 is 0 Å². The van der Waals surface area contributed by atoms with Crippen LogP contribution >= 0.6 is 10.9 Å². The van der Waals surface area contributed by atoms with Gasteiger partial charge in [-0.15, -0.1) is 0 Å². The van der Waals surface area contributed by atoms with Crippen molar-refractivity contribution in [2.45, 2.75) is 12.5 Å². The van der Waals surface area contributed by atoms with Crippen molar-refractivity contribution in [3.63, 3.8) is 0 Å². The van der Waals surface area contributed by atoms with E-state index in [1.54, 1.807) is 0 Å². The zero-order valence-electron chi connectivity index (χ0n) is 5.33. The summed E-state index contributed by atoms with van der Waals surface area (Å²) < 4.78 is 16.0. The highest BCUT2D eigenvalue weighted by Gasteiger charge is 2.37. The van der Waals surface area contributed by atoms with Crippen LogP contribution < -0.4 is 0 Å². The van der Waals surface area contributed by atoms with Crippen LogP contribution in [0.25, 0.3) is 0 Å². The van der Waals surface area contributed by atoms with Gasteiger partial charge in [-0.2, -0.15) is 0 Å². The molecular formula is C5H10O3S. The van der Waals surface area contributed by atoms with Gasteiger partial charge in [-0.05, 0) is 0 Å². The van der Waals surface area contributed by atoms with E-state index in [1.165, 1.54) is 0 Å². The molecule has 0 aliphatic carbocycles. The van der Waals surface area contributed by atoms with E-state index in [9.17, 15) is 0 Å². The van der Waals surface area contributed by atoms with Crippen LogP contribution in [0.15, 0.2) is 0 Å². The van der Waals surface area contributed by atoms with Crippen molar-refractivity contribution in [2.24, 2.45) is 0 Å². The number of hydrogen-bond acceptors (Lipinski definition) is 3. The zero-order chi connectivity index (χ0) is 6.32. The second kappa shape index (κ2) is 1.85. The standard InChI is InChI=1S/C5H10O3S/c1-9-6-3-2-5(8-9)4-7-9/h5H,2-4H2,1H3. The van der Waals surface area contributed by atoms with Crippen molar-refractivity contribution in [3.8, 4) is 0 Å². The third-order valence-electron chi connectivity index (χ3n) is 1.52. The maximum absolute atomic E-state index is 5.42. The third-order valence-corrected chi connectivity index (χ3v) is 3.30. The van der Waals surface area contributed by atoms with Crippen molar-refractivity contribution < 1.29 is 12.5 Å². The van der Waals surface area contributed by atoms with Crippen LogP contribution in [-0.4, -0.2) is 25.6 Å². The van der Waals surface area contributed by atoms with Gasteiger partial charge in [0.25, 0.3) is 0 Å². The van der Waals surface area contributed by atoms with Crippen LogP contribution in [0.5, 0.6) is 0 Å². The molecule has 9 heavy (non-hydrogen) atoms. The molecule has 0 aromatic rings. The molecule has 2 heterocycles. The third kappa shape index (κ3) is 0.961. The Morgan fingerprint density at radius 3 is 3.00 bits per heavy atom. The molecule has 2 unspecified atom stereocenters. The Morgan fingerprint density at radius 1 is 1.44 bits per heavy atom. The van der Waals surface area contributed by atoms with Crippen LogP contribution in [0.3, 0.4) is 0 Å². The summed E-state index contributed by atoms with van der Waals surface area (Å²) >= 11 is 0. The SMILES string of the molecule is CS12OCCC(CO1)O2. The number of fused-ring (bicyclic) bond motifs is 2. The first-order valence-electron chi connectivity index (χ1n) is 3.04. The lowest BCUT2D eigenvalue weighted by Gasteiger charge is -2.31. The van der Waals surface area contributed by atoms with Crippen LogP contribution in [0.4, 0.5) is 0 Å². The van der Waals surface area contributed by atoms with Gasteiger partial charge in [0.05, 0.1) is 24.1 Å². The molecule has 0 aromatic heterocycles. The molecule has 0 N–H and O–H groups in total. The van der Waals surface area contributed by atoms with Gasteiger partial charge in [0.2, 0.25) is 0 Å². The minimum atomic E-state index is -1.50. The Kier molecular flexibility index (Phi) is 1.23. The summed E-state index contributed by atoms with van der Waals surface area (Å²) in [5.41, 5.74) is 0. The average Bonchev–Trinajstić information content (AvgIpc) is 2.07. The van der Waals surface area contributed by atoms with E-state index in [0.717, 1.165) is 19.6 Å². The van der Waals surface area contributed by atoms with Gasteiger partial charge in [0.1, 0.15) is 6.10 Å². The van der Waals surface area contributed by atoms with Crippen molar-refractivity contribution in [1.82, 2.24) is 0 Å². The summed E-state index contributed by atoms with van der Waals surface area (Å²) in [5.74, 6) is 0. The highest BCUT2D eigenvalue weighted by molar-refractivity contribution is 8.21. The Morgan fingerprint density at radius 2 is 2.33 bits per heavy atom. The van der Waals surface area contributed by atoms with Crippen LogP contribution in [-0.2, 0) is 12.5 Å². The molecule has 2 saturated heterocycles. The fourth-order valence-electron chi connectivity index (χ4n) is 1.03. The maximum Gasteiger partial charge on any atom is 0.102 e. The van der Waals surface area contributed by atoms with E-state index in [4.69, 9.17) is 12.5 Å². The van der Waals surface area contributed by atoms with E-state index in [-0.39, 0.29) is 0 Å². The van der Waals surface area contributed by atoms with Crippen molar-refractivity contribution >= 4 is 10.9 Å². The summed E-state index contributed by atoms with van der Waals surface area (Å²) in [6.45, 7) is 1.53. The average molecular weight is 150 g/mol. The quantitative estimate of drug-likeness (QED) is 0.515. The minimum absolute atomic E-state index is 0.318. The Labute approximate surface area is 56.2 Å². The van der Waals surface area contributed by atoms with Crippen molar-refractivity contribution in [1.29, 1.82) is 0 Å². The molecule has 2 atom stereocenters. The molecule has 2 bridgehead atoms. The number of rotatable bonds is 0. The van der Waals surface area contributed by atoms with Gasteiger partial charge in [-0.25, -0.2) is 0 Å². The van der Waals surface area contributed by atoms with Gasteiger partial charge >= 0.3 is 0 Å². The summed E-state index contributed by atoms with van der Waals surface area (Å²) in [4.78, 5) is 0. The lowest BCUT2D eigenvalue weighted by atomic mass is 10.3. The monoisotopic (exact) mass is 150 g/mol. The Bertz CT molecular complexity index is 125. The van der Waals surface area contributed by atoms with E-state index in [2.05, 4.69) is 0 Å². The molecule has 2 aliphatic rings. The maximum atomic E-state index is 5.42. The smallest absolute Gasteiger partial charge is 0.102 e. The van der Waals surface area contributed by atoms with E-state index in [0.29, 0.717) is 6.10 Å². The minimum Gasteiger partial charge on any atom is -0.292 e. The number of hydrogen-bond donors (Lipinski definition) is 0. The predicted molar refractivity (Wildman–Crippen MR) is 34.9 cm³/mol. The molecule has 2 fully saturated rings. The molecule has 0 radical (unpaired) electrons. The molecule has 0 aromatic carbocycles. The van der Waals surface area contributed by atoms with Gasteiger partial charge in [-0.1, -0.05) is 0 Å². The first-order valence-corrected chi connectivity index (χ1v) is 4.85. The molecule has 3 nitrogen and oxygen atoms in total. The Hall–Kier alpha value is 0.230. The van der Waals surface area contributed by atoms with Crippen molar-refractivity contribution in [2.75, 3.05) is 19.5 Å². The highest BCUT2D eigenvalue weighted by atomic mass is 32.3. The second-order valence-electron chi connectivity index (χ2n) is 2.32. The lowest BCUT2D eigenvalue weighted by Crippen LogP contribution is -2.18. The van der Waals surface area contributed by atoms with Gasteiger partial charge in [0, 0.05) is 12.7 Å². The fraction of sp³-hybridized carbons (Fsp3) is 1.00. The molecular weight excluding hydrogens is 140 g/mol. The zero-order valence-corrected chi connectivity index (χ0v) is 6.15. The first kappa shape index (κ1) is 5.97. The fourth-order valence-corrected chi connectivity index (χ4v) is 2.65. The molecule has 2 rings (SSSR count). The predicted octanol–water partition coefficient (Wildman–Crippen LogP) is 1.00. The van der Waals surface area contributed by atoms with E-state index in [1.807, 2.05) is 6.26 Å². The topological polar surface area (TPSA) is 27.7 Å². The van der Waals surface area contributed by atoms with E-state index < -0.39 is 10.9 Å². The summed E-state index contributed by atoms with van der Waals surface area (Å²) in [6.07, 6.45) is 3.20. The largest absolute Gasteiger partial charge is 0.292 e. The van der Waals surface area contributed by atoms with Crippen molar-refractivity contribution in [3.05, 3.63) is 0 Å². The first-order chi connectivity index (χ1) is 4.29. The molecule has 2 aliphatic heterocycles. The Balaban J connectivity index is 2.13. The molecule has 0 saturated carbocycles. The van der Waals surface area contributed by atoms with Gasteiger partial charge in [-0.3, -0.25) is 12.5 Å².